The number of benzene rings is 2. The van der Waals surface area contributed by atoms with Crippen LogP contribution in [0.1, 0.15) is 18.1 Å². The van der Waals surface area contributed by atoms with Gasteiger partial charge in [0.05, 0.1) is 18.0 Å². The van der Waals surface area contributed by atoms with Gasteiger partial charge in [-0.05, 0) is 19.9 Å². The van der Waals surface area contributed by atoms with Crippen molar-refractivity contribution in [1.82, 2.24) is 9.78 Å². The summed E-state index contributed by atoms with van der Waals surface area (Å²) in [6, 6.07) is 17.0. The molecule has 0 unspecified atom stereocenters. The molecule has 0 spiro atoms. The number of aryl methyl sites for hydroxylation is 1. The Bertz CT molecular complexity index is 954. The van der Waals surface area contributed by atoms with E-state index >= 15 is 0 Å². The molecule has 2 aromatic carbocycles. The number of nitrogens with zero attached hydrogens (tertiary/aromatic N) is 3. The third-order valence-corrected chi connectivity index (χ3v) is 4.29. The van der Waals surface area contributed by atoms with Crippen molar-refractivity contribution in [2.24, 2.45) is 7.05 Å². The molecule has 28 heavy (non-hydrogen) atoms. The summed E-state index contributed by atoms with van der Waals surface area (Å²) in [4.78, 5) is 16.8. The van der Waals surface area contributed by atoms with Crippen molar-refractivity contribution in [2.45, 2.75) is 20.5 Å². The van der Waals surface area contributed by atoms with Gasteiger partial charge in [-0.15, -0.1) is 5.10 Å². The van der Waals surface area contributed by atoms with Crippen LogP contribution in [-0.4, -0.2) is 27.6 Å². The summed E-state index contributed by atoms with van der Waals surface area (Å²) in [6.45, 7) is 4.10. The monoisotopic (exact) mass is 381 g/mol. The van der Waals surface area contributed by atoms with E-state index in [1.54, 1.807) is 29.8 Å². The highest BCUT2D eigenvalue weighted by Gasteiger charge is 2.20. The van der Waals surface area contributed by atoms with Gasteiger partial charge in [-0.25, -0.2) is 4.79 Å². The van der Waals surface area contributed by atoms with E-state index < -0.39 is 6.09 Å². The number of ether oxygens (including phenoxy) is 1. The largest absolute Gasteiger partial charge is 0.471 e. The lowest BCUT2D eigenvalue weighted by Crippen LogP contribution is -2.30. The number of aromatic nitrogens is 2. The van der Waals surface area contributed by atoms with Crippen LogP contribution in [0.4, 0.5) is 10.5 Å². The molecule has 3 rings (SSSR count). The molecule has 0 aliphatic heterocycles. The van der Waals surface area contributed by atoms with Crippen LogP contribution in [0.25, 0.3) is 11.3 Å². The molecule has 146 valence electrons. The fraction of sp³-hybridized carbons (Fsp3) is 0.238. The highest BCUT2D eigenvalue weighted by Crippen LogP contribution is 2.30. The summed E-state index contributed by atoms with van der Waals surface area (Å²) in [5, 5.41) is 14.8. The van der Waals surface area contributed by atoms with E-state index in [4.69, 9.17) is 9.57 Å². The van der Waals surface area contributed by atoms with Crippen molar-refractivity contribution in [2.75, 3.05) is 11.7 Å². The van der Waals surface area contributed by atoms with E-state index in [1.165, 1.54) is 0 Å². The van der Waals surface area contributed by atoms with Crippen molar-refractivity contribution in [3.63, 3.8) is 0 Å². The zero-order chi connectivity index (χ0) is 20.1. The molecule has 1 amide bonds. The Hall–Kier alpha value is -3.32. The SMILES string of the molecule is CCON(C(=O)O)c1ccccc1COc1nn(C)c(-c2ccccc2)c1C. The maximum Gasteiger partial charge on any atom is 0.436 e. The topological polar surface area (TPSA) is 76.8 Å². The number of anilines is 1. The number of para-hydroxylation sites is 1. The second-order valence-electron chi connectivity index (χ2n) is 6.18. The minimum Gasteiger partial charge on any atom is -0.471 e. The number of hydrogen-bond acceptors (Lipinski definition) is 4. The van der Waals surface area contributed by atoms with Gasteiger partial charge in [-0.1, -0.05) is 48.5 Å². The first kappa shape index (κ1) is 19.4. The van der Waals surface area contributed by atoms with Gasteiger partial charge < -0.3 is 9.84 Å². The first-order valence-electron chi connectivity index (χ1n) is 8.98. The number of amides is 1. The van der Waals surface area contributed by atoms with Gasteiger partial charge in [0, 0.05) is 23.7 Å². The highest BCUT2D eigenvalue weighted by molar-refractivity contribution is 5.84. The zero-order valence-corrected chi connectivity index (χ0v) is 16.1. The number of carboxylic acid groups (broad SMARTS) is 1. The predicted octanol–water partition coefficient (Wildman–Crippen LogP) is 4.41. The molecule has 0 saturated carbocycles. The first-order chi connectivity index (χ1) is 13.5. The van der Waals surface area contributed by atoms with Gasteiger partial charge in [0.1, 0.15) is 6.61 Å². The minimum absolute atomic E-state index is 0.166. The van der Waals surface area contributed by atoms with Gasteiger partial charge >= 0.3 is 6.09 Å². The molecular formula is C21H23N3O4. The average molecular weight is 381 g/mol. The summed E-state index contributed by atoms with van der Waals surface area (Å²) in [7, 11) is 1.87. The molecule has 0 bridgehead atoms. The second kappa shape index (κ2) is 8.58. The predicted molar refractivity (Wildman–Crippen MR) is 106 cm³/mol. The van der Waals surface area contributed by atoms with E-state index in [9.17, 15) is 9.90 Å². The van der Waals surface area contributed by atoms with Crippen LogP contribution < -0.4 is 9.80 Å². The van der Waals surface area contributed by atoms with E-state index in [1.807, 2.05) is 50.4 Å². The van der Waals surface area contributed by atoms with Gasteiger partial charge in [0.25, 0.3) is 0 Å². The lowest BCUT2D eigenvalue weighted by molar-refractivity contribution is 0.102. The van der Waals surface area contributed by atoms with Gasteiger partial charge in [-0.3, -0.25) is 9.52 Å². The zero-order valence-electron chi connectivity index (χ0n) is 16.1. The smallest absolute Gasteiger partial charge is 0.436 e. The van der Waals surface area contributed by atoms with Crippen molar-refractivity contribution >= 4 is 11.8 Å². The molecule has 0 fully saturated rings. The Kier molecular flexibility index (Phi) is 5.96. The number of carbonyl (C=O) groups is 1. The quantitative estimate of drug-likeness (QED) is 0.614. The van der Waals surface area contributed by atoms with Gasteiger partial charge in [0.2, 0.25) is 5.88 Å². The fourth-order valence-electron chi connectivity index (χ4n) is 3.08. The summed E-state index contributed by atoms with van der Waals surface area (Å²) >= 11 is 0. The highest BCUT2D eigenvalue weighted by atomic mass is 16.7. The summed E-state index contributed by atoms with van der Waals surface area (Å²) in [5.74, 6) is 0.509. The summed E-state index contributed by atoms with van der Waals surface area (Å²) in [6.07, 6.45) is -1.19. The molecule has 1 aromatic heterocycles. The number of hydroxylamine groups is 1. The molecule has 3 aromatic rings. The summed E-state index contributed by atoms with van der Waals surface area (Å²) in [5.41, 5.74) is 4.06. The molecule has 0 aliphatic carbocycles. The maximum atomic E-state index is 11.5. The average Bonchev–Trinajstić information content (AvgIpc) is 2.98. The van der Waals surface area contributed by atoms with Crippen LogP contribution in [-0.2, 0) is 18.5 Å². The molecule has 0 atom stereocenters. The van der Waals surface area contributed by atoms with Gasteiger partial charge in [-0.2, -0.15) is 5.06 Å². The molecule has 1 N–H and O–H groups in total. The standard InChI is InChI=1S/C21H23N3O4/c1-4-28-24(21(25)26)18-13-9-8-12-17(18)14-27-20-15(2)19(23(3)22-20)16-10-6-5-7-11-16/h5-13H,4,14H2,1-3H3,(H,25,26). The van der Waals surface area contributed by atoms with E-state index in [-0.39, 0.29) is 13.2 Å². The van der Waals surface area contributed by atoms with E-state index in [0.29, 0.717) is 17.1 Å². The molecule has 7 heteroatoms. The molecule has 0 aliphatic rings. The Balaban J connectivity index is 1.85. The first-order valence-corrected chi connectivity index (χ1v) is 8.98. The Morgan fingerprint density at radius 1 is 1.14 bits per heavy atom. The Labute approximate surface area is 163 Å². The van der Waals surface area contributed by atoms with Crippen molar-refractivity contribution < 1.29 is 19.5 Å². The maximum absolute atomic E-state index is 11.5. The molecule has 1 heterocycles. The lowest BCUT2D eigenvalue weighted by Gasteiger charge is -2.20. The summed E-state index contributed by atoms with van der Waals surface area (Å²) < 4.78 is 7.73. The third kappa shape index (κ3) is 3.99. The molecule has 0 saturated heterocycles. The van der Waals surface area contributed by atoms with Crippen molar-refractivity contribution in [3.05, 3.63) is 65.7 Å². The normalized spacial score (nSPS) is 10.7. The van der Waals surface area contributed by atoms with Crippen LogP contribution in [0.2, 0.25) is 0 Å². The molecule has 0 radical (unpaired) electrons. The Morgan fingerprint density at radius 3 is 2.50 bits per heavy atom. The third-order valence-electron chi connectivity index (χ3n) is 4.29. The second-order valence-corrected chi connectivity index (χ2v) is 6.18. The number of rotatable bonds is 7. The van der Waals surface area contributed by atoms with E-state index in [2.05, 4.69) is 5.10 Å². The molecular weight excluding hydrogens is 358 g/mol. The van der Waals surface area contributed by atoms with Crippen LogP contribution in [0, 0.1) is 6.92 Å². The minimum atomic E-state index is -1.19. The van der Waals surface area contributed by atoms with Crippen LogP contribution in [0.3, 0.4) is 0 Å². The van der Waals surface area contributed by atoms with Crippen LogP contribution in [0.5, 0.6) is 5.88 Å². The van der Waals surface area contributed by atoms with Gasteiger partial charge in [0.15, 0.2) is 0 Å². The lowest BCUT2D eigenvalue weighted by atomic mass is 10.1. The molecule has 7 nitrogen and oxygen atoms in total. The Morgan fingerprint density at radius 2 is 1.82 bits per heavy atom. The van der Waals surface area contributed by atoms with Crippen LogP contribution in [0.15, 0.2) is 54.6 Å². The number of hydrogen-bond donors (Lipinski definition) is 1. The van der Waals surface area contributed by atoms with Crippen molar-refractivity contribution in [1.29, 1.82) is 0 Å². The van der Waals surface area contributed by atoms with Crippen LogP contribution >= 0.6 is 0 Å². The fourth-order valence-corrected chi connectivity index (χ4v) is 3.08. The van der Waals surface area contributed by atoms with Crippen molar-refractivity contribution in [3.8, 4) is 17.1 Å². The van der Waals surface area contributed by atoms with E-state index in [0.717, 1.165) is 21.9 Å².